The van der Waals surface area contributed by atoms with Crippen LogP contribution in [-0.4, -0.2) is 38.0 Å². The summed E-state index contributed by atoms with van der Waals surface area (Å²) in [7, 11) is 1.62. The molecule has 0 amide bonds. The Balaban J connectivity index is 1.80. The summed E-state index contributed by atoms with van der Waals surface area (Å²) in [6.45, 7) is 5.96. The second-order valence-corrected chi connectivity index (χ2v) is 9.83. The zero-order valence-electron chi connectivity index (χ0n) is 20.9. The summed E-state index contributed by atoms with van der Waals surface area (Å²) in [6, 6.07) is 17.1. The number of carbonyl (C=O) groups is 3. The van der Waals surface area contributed by atoms with Gasteiger partial charge in [-0.25, -0.2) is 0 Å². The van der Waals surface area contributed by atoms with Gasteiger partial charge in [-0.05, 0) is 62.6 Å². The van der Waals surface area contributed by atoms with Crippen molar-refractivity contribution < 1.29 is 28.6 Å². The van der Waals surface area contributed by atoms with Gasteiger partial charge < -0.3 is 14.2 Å². The van der Waals surface area contributed by atoms with Crippen LogP contribution in [0.5, 0.6) is 5.75 Å². The molecule has 2 aromatic rings. The van der Waals surface area contributed by atoms with E-state index in [-0.39, 0.29) is 36.8 Å². The maximum atomic E-state index is 13.8. The average molecular weight is 479 g/mol. The molecule has 0 aromatic heterocycles. The number of Topliss-reactive ketones (excluding diaryl/α,β-unsaturated/α-hetero) is 1. The quantitative estimate of drug-likeness (QED) is 0.302. The second kappa shape index (κ2) is 9.84. The van der Waals surface area contributed by atoms with E-state index in [1.54, 1.807) is 21.0 Å². The molecule has 0 radical (unpaired) electrons. The van der Waals surface area contributed by atoms with E-state index in [2.05, 4.69) is 6.92 Å². The Labute approximate surface area is 207 Å². The Hall–Kier alpha value is -3.15. The number of benzene rings is 2. The van der Waals surface area contributed by atoms with Crippen LogP contribution < -0.4 is 4.74 Å². The van der Waals surface area contributed by atoms with E-state index >= 15 is 0 Å². The zero-order valence-corrected chi connectivity index (χ0v) is 20.9. The minimum absolute atomic E-state index is 0.00215. The molecule has 4 atom stereocenters. The third kappa shape index (κ3) is 4.13. The van der Waals surface area contributed by atoms with Crippen molar-refractivity contribution in [2.45, 2.75) is 45.4 Å². The first-order valence-corrected chi connectivity index (χ1v) is 12.4. The van der Waals surface area contributed by atoms with E-state index in [9.17, 15) is 14.4 Å². The monoisotopic (exact) mass is 478 g/mol. The third-order valence-corrected chi connectivity index (χ3v) is 8.18. The van der Waals surface area contributed by atoms with Gasteiger partial charge in [-0.2, -0.15) is 0 Å². The number of fused-ring (bicyclic) bond motifs is 1. The molecule has 0 saturated heterocycles. The first-order valence-electron chi connectivity index (χ1n) is 12.4. The SMILES string of the molecule is CCOC(=O)C1(C(=O)OCC)C[C@@H]2C[C@H](C(=O)c3ccccc3)[C@@](C)(c3cccc(OC)c3)[C@@H]2C1. The van der Waals surface area contributed by atoms with Crippen molar-refractivity contribution in [2.24, 2.45) is 23.2 Å². The van der Waals surface area contributed by atoms with Crippen LogP contribution in [-0.2, 0) is 24.5 Å². The van der Waals surface area contributed by atoms with E-state index in [1.165, 1.54) is 0 Å². The Bertz CT molecular complexity index is 1080. The molecule has 0 heterocycles. The van der Waals surface area contributed by atoms with Crippen LogP contribution in [0.25, 0.3) is 0 Å². The minimum Gasteiger partial charge on any atom is -0.497 e. The lowest BCUT2D eigenvalue weighted by Gasteiger charge is -2.38. The van der Waals surface area contributed by atoms with Crippen LogP contribution in [0.1, 0.15) is 56.0 Å². The molecule has 0 spiro atoms. The fourth-order valence-corrected chi connectivity index (χ4v) is 6.48. The normalized spacial score (nSPS) is 26.6. The van der Waals surface area contributed by atoms with Crippen molar-refractivity contribution in [1.82, 2.24) is 0 Å². The van der Waals surface area contributed by atoms with E-state index in [0.29, 0.717) is 30.6 Å². The smallest absolute Gasteiger partial charge is 0.323 e. The lowest BCUT2D eigenvalue weighted by molar-refractivity contribution is -0.172. The van der Waals surface area contributed by atoms with Gasteiger partial charge in [-0.3, -0.25) is 14.4 Å². The van der Waals surface area contributed by atoms with Crippen molar-refractivity contribution in [2.75, 3.05) is 20.3 Å². The molecule has 2 aromatic carbocycles. The highest BCUT2D eigenvalue weighted by atomic mass is 16.6. The van der Waals surface area contributed by atoms with Crippen LogP contribution in [0.4, 0.5) is 0 Å². The number of methoxy groups -OCH3 is 1. The predicted octanol–water partition coefficient (Wildman–Crippen LogP) is 4.99. The van der Waals surface area contributed by atoms with Gasteiger partial charge in [-0.15, -0.1) is 0 Å². The highest BCUT2D eigenvalue weighted by Crippen LogP contribution is 2.64. The molecule has 6 nitrogen and oxygen atoms in total. The molecule has 2 aliphatic rings. The van der Waals surface area contributed by atoms with Gasteiger partial charge in [-0.1, -0.05) is 49.4 Å². The molecule has 2 aliphatic carbocycles. The van der Waals surface area contributed by atoms with Crippen LogP contribution in [0, 0.1) is 23.2 Å². The lowest BCUT2D eigenvalue weighted by Crippen LogP contribution is -2.44. The molecular weight excluding hydrogens is 444 g/mol. The molecule has 186 valence electrons. The number of ketones is 1. The number of ether oxygens (including phenoxy) is 3. The summed E-state index contributed by atoms with van der Waals surface area (Å²) in [4.78, 5) is 40.2. The maximum Gasteiger partial charge on any atom is 0.323 e. The highest BCUT2D eigenvalue weighted by molar-refractivity contribution is 6.01. The summed E-state index contributed by atoms with van der Waals surface area (Å²) in [5, 5.41) is 0. The Morgan fingerprint density at radius 2 is 1.57 bits per heavy atom. The minimum atomic E-state index is -1.34. The molecule has 6 heteroatoms. The van der Waals surface area contributed by atoms with E-state index < -0.39 is 22.8 Å². The number of rotatable bonds is 8. The van der Waals surface area contributed by atoms with Gasteiger partial charge in [0.1, 0.15) is 5.75 Å². The van der Waals surface area contributed by atoms with Crippen molar-refractivity contribution in [3.8, 4) is 5.75 Å². The van der Waals surface area contributed by atoms with Gasteiger partial charge >= 0.3 is 11.9 Å². The Morgan fingerprint density at radius 1 is 0.914 bits per heavy atom. The van der Waals surface area contributed by atoms with Crippen LogP contribution in [0.3, 0.4) is 0 Å². The molecule has 0 aliphatic heterocycles. The van der Waals surface area contributed by atoms with E-state index in [0.717, 1.165) is 5.56 Å². The fraction of sp³-hybridized carbons (Fsp3) is 0.483. The molecule has 35 heavy (non-hydrogen) atoms. The summed E-state index contributed by atoms with van der Waals surface area (Å²) < 4.78 is 16.3. The second-order valence-electron chi connectivity index (χ2n) is 9.83. The number of carbonyl (C=O) groups excluding carboxylic acids is 3. The third-order valence-electron chi connectivity index (χ3n) is 8.18. The molecule has 2 saturated carbocycles. The van der Waals surface area contributed by atoms with Crippen LogP contribution >= 0.6 is 0 Å². The summed E-state index contributed by atoms with van der Waals surface area (Å²) in [5.74, 6) is -0.631. The van der Waals surface area contributed by atoms with Crippen LogP contribution in [0.2, 0.25) is 0 Å². The number of esters is 2. The highest BCUT2D eigenvalue weighted by Gasteiger charge is 2.66. The van der Waals surface area contributed by atoms with Crippen molar-refractivity contribution >= 4 is 17.7 Å². The molecule has 0 N–H and O–H groups in total. The van der Waals surface area contributed by atoms with Gasteiger partial charge in [0.15, 0.2) is 11.2 Å². The molecular formula is C29H34O6. The van der Waals surface area contributed by atoms with Gasteiger partial charge in [0, 0.05) is 16.9 Å². The van der Waals surface area contributed by atoms with Gasteiger partial charge in [0.25, 0.3) is 0 Å². The lowest BCUT2D eigenvalue weighted by atomic mass is 9.64. The van der Waals surface area contributed by atoms with Crippen molar-refractivity contribution in [3.05, 3.63) is 65.7 Å². The molecule has 0 bridgehead atoms. The fourth-order valence-electron chi connectivity index (χ4n) is 6.48. The summed E-state index contributed by atoms with van der Waals surface area (Å²) >= 11 is 0. The topological polar surface area (TPSA) is 78.9 Å². The van der Waals surface area contributed by atoms with Gasteiger partial charge in [0.05, 0.1) is 20.3 Å². The Kier molecular flexibility index (Phi) is 7.02. The largest absolute Gasteiger partial charge is 0.497 e. The van der Waals surface area contributed by atoms with Crippen molar-refractivity contribution in [3.63, 3.8) is 0 Å². The molecule has 0 unspecified atom stereocenters. The first-order chi connectivity index (χ1) is 16.8. The summed E-state index contributed by atoms with van der Waals surface area (Å²) in [5.41, 5.74) is -0.300. The summed E-state index contributed by atoms with van der Waals surface area (Å²) in [6.07, 6.45) is 1.21. The zero-order chi connectivity index (χ0) is 25.2. The number of hydrogen-bond donors (Lipinski definition) is 0. The van der Waals surface area contributed by atoms with Crippen LogP contribution in [0.15, 0.2) is 54.6 Å². The Morgan fingerprint density at radius 3 is 2.17 bits per heavy atom. The van der Waals surface area contributed by atoms with E-state index in [1.807, 2.05) is 54.6 Å². The molecule has 4 rings (SSSR count). The van der Waals surface area contributed by atoms with E-state index in [4.69, 9.17) is 14.2 Å². The van der Waals surface area contributed by atoms with Crippen molar-refractivity contribution in [1.29, 1.82) is 0 Å². The van der Waals surface area contributed by atoms with Gasteiger partial charge in [0.2, 0.25) is 0 Å². The molecule has 2 fully saturated rings. The first kappa shape index (κ1) is 25.0. The average Bonchev–Trinajstić information content (AvgIpc) is 3.40. The predicted molar refractivity (Wildman–Crippen MR) is 131 cm³/mol. The standard InChI is InChI=1S/C29H34O6/c1-5-34-26(31)29(27(32)35-6-2)17-20-15-23(25(30)19-11-8-7-9-12-19)28(3,24(20)18-29)21-13-10-14-22(16-21)33-4/h7-14,16,20,23-24H,5-6,15,17-18H2,1-4H3/t20-,23+,24+,28+/m0/s1. The number of hydrogen-bond acceptors (Lipinski definition) is 6. The maximum absolute atomic E-state index is 13.8.